The highest BCUT2D eigenvalue weighted by molar-refractivity contribution is 6.57. The van der Waals surface area contributed by atoms with Crippen molar-refractivity contribution in [3.8, 4) is 0 Å². The first-order valence-electron chi connectivity index (χ1n) is 8.57. The fraction of sp³-hybridized carbons (Fsp3) is 0.938. The predicted molar refractivity (Wildman–Crippen MR) is 91.1 cm³/mol. The van der Waals surface area contributed by atoms with E-state index in [1.807, 2.05) is 6.92 Å². The summed E-state index contributed by atoms with van der Waals surface area (Å²) in [6, 6.07) is 0. The van der Waals surface area contributed by atoms with Crippen LogP contribution in [0.25, 0.3) is 0 Å². The molecule has 0 aliphatic carbocycles. The molecule has 1 aliphatic rings. The van der Waals surface area contributed by atoms with Gasteiger partial charge in [0.25, 0.3) is 0 Å². The summed E-state index contributed by atoms with van der Waals surface area (Å²) in [6.07, 6.45) is 5.30. The molecule has 1 heterocycles. The molecule has 1 rings (SSSR count). The maximum atomic E-state index is 11.7. The number of rotatable bonds is 9. The summed E-state index contributed by atoms with van der Waals surface area (Å²) in [5.74, 6) is 0.504. The number of methoxy groups -OCH3 is 1. The highest BCUT2D eigenvalue weighted by Crippen LogP contribution is 2.20. The van der Waals surface area contributed by atoms with Gasteiger partial charge in [-0.3, -0.25) is 14.6 Å². The third-order valence-electron chi connectivity index (χ3n) is 4.43. The van der Waals surface area contributed by atoms with Crippen LogP contribution in [0.4, 0.5) is 0 Å². The lowest BCUT2D eigenvalue weighted by molar-refractivity contribution is -0.145. The molecule has 124 valence electrons. The van der Waals surface area contributed by atoms with Gasteiger partial charge >= 0.3 is 5.97 Å². The first-order chi connectivity index (χ1) is 10.0. The van der Waals surface area contributed by atoms with Gasteiger partial charge in [0.15, 0.2) is 0 Å². The Morgan fingerprint density at radius 3 is 2.48 bits per heavy atom. The van der Waals surface area contributed by atoms with E-state index in [1.165, 1.54) is 39.3 Å². The van der Waals surface area contributed by atoms with Gasteiger partial charge in [-0.2, -0.15) is 0 Å². The second-order valence-corrected chi connectivity index (χ2v) is 9.76. The summed E-state index contributed by atoms with van der Waals surface area (Å²) in [5.41, 5.74) is 0. The molecule has 1 aliphatic heterocycles. The Bertz CT molecular complexity index is 313. The van der Waals surface area contributed by atoms with Gasteiger partial charge in [-0.25, -0.2) is 0 Å². The highest BCUT2D eigenvalue weighted by atomic mass is 28.3. The molecule has 0 spiro atoms. The molecule has 0 aromatic carbocycles. The molecule has 4 nitrogen and oxygen atoms in total. The molecule has 0 saturated carbocycles. The van der Waals surface area contributed by atoms with Gasteiger partial charge in [-0.15, -0.1) is 0 Å². The number of unbranched alkanes of at least 4 members (excludes halogenated alkanes) is 3. The molecule has 0 bridgehead atoms. The molecule has 21 heavy (non-hydrogen) atoms. The average molecular weight is 315 g/mol. The number of hydrogen-bond acceptors (Lipinski definition) is 4. The fourth-order valence-electron chi connectivity index (χ4n) is 3.41. The summed E-state index contributed by atoms with van der Waals surface area (Å²) < 4.78 is 4.87. The quantitative estimate of drug-likeness (QED) is 0.371. The average Bonchev–Trinajstić information content (AvgIpc) is 2.85. The summed E-state index contributed by atoms with van der Waals surface area (Å²) in [5, 5.41) is 0. The molecule has 0 aromatic heterocycles. The van der Waals surface area contributed by atoms with Gasteiger partial charge < -0.3 is 4.74 Å². The molecule has 0 N–H and O–H groups in total. The van der Waals surface area contributed by atoms with Crippen LogP contribution in [0, 0.1) is 5.92 Å². The molecule has 2 atom stereocenters. The maximum absolute atomic E-state index is 11.7. The Hall–Kier alpha value is -0.393. The smallest absolute Gasteiger partial charge is 0.309 e. The predicted octanol–water partition coefficient (Wildman–Crippen LogP) is 2.35. The van der Waals surface area contributed by atoms with Crippen molar-refractivity contribution in [2.24, 2.45) is 5.92 Å². The number of carbonyl (C=O) groups excluding carboxylic acids is 1. The van der Waals surface area contributed by atoms with Crippen LogP contribution >= 0.6 is 0 Å². The summed E-state index contributed by atoms with van der Waals surface area (Å²) >= 11 is 0. The van der Waals surface area contributed by atoms with E-state index in [0.717, 1.165) is 19.6 Å². The summed E-state index contributed by atoms with van der Waals surface area (Å²) in [6.45, 7) is 13.4. The normalized spacial score (nSPS) is 21.9. The molecule has 0 radical (unpaired) electrons. The lowest BCUT2D eigenvalue weighted by Crippen LogP contribution is -2.49. The van der Waals surface area contributed by atoms with E-state index in [0.29, 0.717) is 5.79 Å². The highest BCUT2D eigenvalue weighted by Gasteiger charge is 2.35. The zero-order valence-corrected chi connectivity index (χ0v) is 15.8. The minimum absolute atomic E-state index is 0.0229. The second-order valence-electron chi connectivity index (χ2n) is 6.67. The van der Waals surface area contributed by atoms with E-state index in [9.17, 15) is 4.79 Å². The van der Waals surface area contributed by atoms with Crippen molar-refractivity contribution >= 4 is 14.8 Å². The lowest BCUT2D eigenvalue weighted by atomic mass is 10.2. The third kappa shape index (κ3) is 5.72. The van der Waals surface area contributed by atoms with E-state index < -0.39 is 8.80 Å². The zero-order chi connectivity index (χ0) is 15.8. The van der Waals surface area contributed by atoms with Crippen molar-refractivity contribution in [1.82, 2.24) is 9.80 Å². The molecule has 1 saturated heterocycles. The summed E-state index contributed by atoms with van der Waals surface area (Å²) in [4.78, 5) is 16.8. The Morgan fingerprint density at radius 1 is 1.24 bits per heavy atom. The van der Waals surface area contributed by atoms with E-state index in [-0.39, 0.29) is 11.9 Å². The van der Waals surface area contributed by atoms with Crippen LogP contribution in [-0.2, 0) is 9.53 Å². The molecular weight excluding hydrogens is 280 g/mol. The molecule has 0 aromatic rings. The van der Waals surface area contributed by atoms with Crippen molar-refractivity contribution in [1.29, 1.82) is 0 Å². The van der Waals surface area contributed by atoms with Crippen molar-refractivity contribution in [2.75, 3.05) is 33.3 Å². The number of esters is 1. The number of nitrogens with zero attached hydrogens (tertiary/aromatic N) is 2. The van der Waals surface area contributed by atoms with Crippen LogP contribution < -0.4 is 0 Å². The summed E-state index contributed by atoms with van der Waals surface area (Å²) in [7, 11) is 0.687. The number of ether oxygens (including phenoxy) is 1. The van der Waals surface area contributed by atoms with Gasteiger partial charge in [0.05, 0.1) is 21.8 Å². The molecule has 2 unspecified atom stereocenters. The Morgan fingerprint density at radius 2 is 1.90 bits per heavy atom. The van der Waals surface area contributed by atoms with Crippen molar-refractivity contribution in [3.05, 3.63) is 0 Å². The second kappa shape index (κ2) is 9.59. The largest absolute Gasteiger partial charge is 0.469 e. The third-order valence-corrected chi connectivity index (χ3v) is 6.47. The molecule has 0 amide bonds. The van der Waals surface area contributed by atoms with E-state index >= 15 is 0 Å². The van der Waals surface area contributed by atoms with Crippen LogP contribution in [0.2, 0.25) is 13.1 Å². The SMILES string of the molecule is CCCCCCN1CCN(CC(C)C(=O)OC)C1[SiH](C)C. The topological polar surface area (TPSA) is 32.8 Å². The number of carbonyl (C=O) groups is 1. The van der Waals surface area contributed by atoms with Crippen molar-refractivity contribution in [3.63, 3.8) is 0 Å². The van der Waals surface area contributed by atoms with Crippen LogP contribution in [-0.4, -0.2) is 63.6 Å². The molecule has 5 heteroatoms. The van der Waals surface area contributed by atoms with Crippen LogP contribution in [0.3, 0.4) is 0 Å². The monoisotopic (exact) mass is 314 g/mol. The van der Waals surface area contributed by atoms with Crippen LogP contribution in [0.1, 0.15) is 39.5 Å². The molecular formula is C16H34N2O2Si. The molecule has 1 fully saturated rings. The Labute approximate surface area is 132 Å². The zero-order valence-electron chi connectivity index (χ0n) is 14.6. The van der Waals surface area contributed by atoms with Gasteiger partial charge in [-0.1, -0.05) is 46.2 Å². The van der Waals surface area contributed by atoms with Crippen molar-refractivity contribution < 1.29 is 9.53 Å². The standard InChI is InChI=1S/C16H34N2O2Si/c1-6-7-8-9-10-17-11-12-18(16(17)21(4)5)13-14(2)15(19)20-3/h14,16,21H,6-13H2,1-5H3. The van der Waals surface area contributed by atoms with Gasteiger partial charge in [-0.05, 0) is 13.0 Å². The Kier molecular flexibility index (Phi) is 8.52. The van der Waals surface area contributed by atoms with Gasteiger partial charge in [0.2, 0.25) is 0 Å². The minimum Gasteiger partial charge on any atom is -0.469 e. The first kappa shape index (κ1) is 18.7. The first-order valence-corrected chi connectivity index (χ1v) is 11.5. The van der Waals surface area contributed by atoms with Gasteiger partial charge in [0, 0.05) is 25.4 Å². The van der Waals surface area contributed by atoms with Crippen molar-refractivity contribution in [2.45, 2.75) is 58.4 Å². The van der Waals surface area contributed by atoms with Gasteiger partial charge in [0.1, 0.15) is 0 Å². The Balaban J connectivity index is 2.52. The maximum Gasteiger partial charge on any atom is 0.309 e. The lowest BCUT2D eigenvalue weighted by Gasteiger charge is -2.34. The minimum atomic E-state index is -0.797. The van der Waals surface area contributed by atoms with E-state index in [2.05, 4.69) is 29.8 Å². The fourth-order valence-corrected chi connectivity index (χ4v) is 5.66. The van der Waals surface area contributed by atoms with Crippen LogP contribution in [0.5, 0.6) is 0 Å². The number of hydrogen-bond donors (Lipinski definition) is 0. The van der Waals surface area contributed by atoms with E-state index in [1.54, 1.807) is 0 Å². The van der Waals surface area contributed by atoms with Crippen LogP contribution in [0.15, 0.2) is 0 Å². The van der Waals surface area contributed by atoms with E-state index in [4.69, 9.17) is 4.74 Å².